The van der Waals surface area contributed by atoms with Crippen molar-refractivity contribution in [1.29, 1.82) is 0 Å². The third kappa shape index (κ3) is 5.70. The molecule has 1 aromatic heterocycles. The van der Waals surface area contributed by atoms with Gasteiger partial charge in [-0.2, -0.15) is 0 Å². The van der Waals surface area contributed by atoms with Gasteiger partial charge in [-0.25, -0.2) is 14.6 Å². The lowest BCUT2D eigenvalue weighted by molar-refractivity contribution is -0.139. The second-order valence-corrected chi connectivity index (χ2v) is 6.50. The number of benzene rings is 1. The van der Waals surface area contributed by atoms with Crippen molar-refractivity contribution in [2.45, 2.75) is 26.8 Å². The number of ether oxygens (including phenoxy) is 3. The monoisotopic (exact) mass is 386 g/mol. The lowest BCUT2D eigenvalue weighted by Crippen LogP contribution is -2.20. The van der Waals surface area contributed by atoms with E-state index in [1.54, 1.807) is 12.5 Å². The first-order valence-electron chi connectivity index (χ1n) is 9.03. The molecule has 0 saturated heterocycles. The minimum absolute atomic E-state index is 0.174. The third-order valence-corrected chi connectivity index (χ3v) is 4.22. The highest BCUT2D eigenvalue weighted by Crippen LogP contribution is 2.23. The topological polar surface area (TPSA) is 79.7 Å². The molecule has 0 radical (unpaired) electrons. The van der Waals surface area contributed by atoms with E-state index in [-0.39, 0.29) is 12.3 Å². The first-order valence-corrected chi connectivity index (χ1v) is 9.03. The predicted octanol–water partition coefficient (Wildman–Crippen LogP) is 2.80. The normalized spacial score (nSPS) is 11.8. The molecular formula is C21H26N2O5. The Kier molecular flexibility index (Phi) is 7.80. The van der Waals surface area contributed by atoms with Gasteiger partial charge in [0.1, 0.15) is 12.4 Å². The third-order valence-electron chi connectivity index (χ3n) is 4.22. The fraction of sp³-hybridized carbons (Fsp3) is 0.381. The molecule has 0 N–H and O–H groups in total. The fourth-order valence-electron chi connectivity index (χ4n) is 2.81. The molecule has 0 aliphatic rings. The highest BCUT2D eigenvalue weighted by Gasteiger charge is 2.25. The highest BCUT2D eigenvalue weighted by molar-refractivity contribution is 6.00. The maximum Gasteiger partial charge on any atom is 0.334 e. The number of methoxy groups -OCH3 is 2. The number of imidazole rings is 1. The number of carbonyl (C=O) groups is 2. The van der Waals surface area contributed by atoms with Crippen LogP contribution in [-0.4, -0.2) is 42.3 Å². The summed E-state index contributed by atoms with van der Waals surface area (Å²) < 4.78 is 17.4. The Labute approximate surface area is 164 Å². The van der Waals surface area contributed by atoms with Gasteiger partial charge < -0.3 is 18.8 Å². The second kappa shape index (κ2) is 10.3. The summed E-state index contributed by atoms with van der Waals surface area (Å²) in [5, 5.41) is 0. The van der Waals surface area contributed by atoms with E-state index >= 15 is 0 Å². The van der Waals surface area contributed by atoms with Gasteiger partial charge >= 0.3 is 11.9 Å². The predicted molar refractivity (Wildman–Crippen MR) is 104 cm³/mol. The van der Waals surface area contributed by atoms with Gasteiger partial charge in [-0.05, 0) is 23.6 Å². The van der Waals surface area contributed by atoms with Gasteiger partial charge in [-0.15, -0.1) is 0 Å². The molecule has 0 atom stereocenters. The molecule has 0 bridgehead atoms. The van der Waals surface area contributed by atoms with Crippen molar-refractivity contribution in [3.8, 4) is 5.75 Å². The molecule has 0 amide bonds. The molecule has 2 aromatic rings. The summed E-state index contributed by atoms with van der Waals surface area (Å²) >= 11 is 0. The van der Waals surface area contributed by atoms with Crippen molar-refractivity contribution < 1.29 is 23.8 Å². The Bertz CT molecular complexity index is 808. The molecule has 2 rings (SSSR count). The smallest absolute Gasteiger partial charge is 0.334 e. The van der Waals surface area contributed by atoms with Crippen molar-refractivity contribution in [3.63, 3.8) is 0 Å². The molecule has 150 valence electrons. The van der Waals surface area contributed by atoms with Crippen molar-refractivity contribution in [2.24, 2.45) is 5.92 Å². The lowest BCUT2D eigenvalue weighted by Gasteiger charge is -2.15. The number of carbonyl (C=O) groups excluding carboxylic acids is 2. The zero-order chi connectivity index (χ0) is 20.5. The van der Waals surface area contributed by atoms with Crippen molar-refractivity contribution >= 4 is 11.9 Å². The van der Waals surface area contributed by atoms with E-state index in [0.29, 0.717) is 24.3 Å². The number of hydrogen-bond donors (Lipinski definition) is 0. The van der Waals surface area contributed by atoms with Gasteiger partial charge in [-0.3, -0.25) is 0 Å². The van der Waals surface area contributed by atoms with Gasteiger partial charge in [0.15, 0.2) is 0 Å². The SMILES string of the molecule is COC(=O)C(Cc1ccc(OCCn2ccnc2)cc1)=C(C(=O)OC)C(C)C. The molecule has 0 aliphatic heterocycles. The Balaban J connectivity index is 2.11. The van der Waals surface area contributed by atoms with E-state index in [9.17, 15) is 9.59 Å². The standard InChI is InChI=1S/C21H26N2O5/c1-15(2)19(21(25)27-4)18(20(24)26-3)13-16-5-7-17(8-6-16)28-12-11-23-10-9-22-14-23/h5-10,14-15H,11-13H2,1-4H3. The number of aromatic nitrogens is 2. The Morgan fingerprint density at radius 2 is 1.75 bits per heavy atom. The van der Waals surface area contributed by atoms with E-state index < -0.39 is 11.9 Å². The van der Waals surface area contributed by atoms with Crippen molar-refractivity contribution in [1.82, 2.24) is 9.55 Å². The van der Waals surface area contributed by atoms with Crippen LogP contribution in [0, 0.1) is 5.92 Å². The Morgan fingerprint density at radius 1 is 1.07 bits per heavy atom. The second-order valence-electron chi connectivity index (χ2n) is 6.50. The maximum absolute atomic E-state index is 12.3. The van der Waals surface area contributed by atoms with Crippen LogP contribution >= 0.6 is 0 Å². The summed E-state index contributed by atoms with van der Waals surface area (Å²) in [6.07, 6.45) is 5.60. The summed E-state index contributed by atoms with van der Waals surface area (Å²) in [6.45, 7) is 4.90. The summed E-state index contributed by atoms with van der Waals surface area (Å²) in [6, 6.07) is 7.41. The highest BCUT2D eigenvalue weighted by atomic mass is 16.5. The van der Waals surface area contributed by atoms with Gasteiger partial charge in [0.05, 0.1) is 38.2 Å². The van der Waals surface area contributed by atoms with Crippen molar-refractivity contribution in [3.05, 3.63) is 59.7 Å². The zero-order valence-corrected chi connectivity index (χ0v) is 16.7. The Hall–Kier alpha value is -3.09. The van der Waals surface area contributed by atoms with E-state index in [2.05, 4.69) is 4.98 Å². The number of hydrogen-bond acceptors (Lipinski definition) is 6. The summed E-state index contributed by atoms with van der Waals surface area (Å²) in [5.74, 6) is -0.499. The summed E-state index contributed by atoms with van der Waals surface area (Å²) in [5.41, 5.74) is 1.50. The number of nitrogens with zero attached hydrogens (tertiary/aromatic N) is 2. The maximum atomic E-state index is 12.3. The number of esters is 2. The molecular weight excluding hydrogens is 360 g/mol. The van der Waals surface area contributed by atoms with Crippen LogP contribution in [0.3, 0.4) is 0 Å². The van der Waals surface area contributed by atoms with Crippen LogP contribution in [0.25, 0.3) is 0 Å². The average Bonchev–Trinajstić information content (AvgIpc) is 3.21. The molecule has 1 aromatic carbocycles. The molecule has 0 spiro atoms. The first-order chi connectivity index (χ1) is 13.5. The van der Waals surface area contributed by atoms with Crippen LogP contribution in [0.2, 0.25) is 0 Å². The molecule has 0 unspecified atom stereocenters. The first kappa shape index (κ1) is 21.2. The fourth-order valence-corrected chi connectivity index (χ4v) is 2.81. The molecule has 1 heterocycles. The Morgan fingerprint density at radius 3 is 2.29 bits per heavy atom. The zero-order valence-electron chi connectivity index (χ0n) is 16.7. The van der Waals surface area contributed by atoms with Gasteiger partial charge in [0.2, 0.25) is 0 Å². The van der Waals surface area contributed by atoms with Crippen LogP contribution in [0.4, 0.5) is 0 Å². The molecule has 7 nitrogen and oxygen atoms in total. The van der Waals surface area contributed by atoms with Gasteiger partial charge in [0.25, 0.3) is 0 Å². The molecule has 0 fully saturated rings. The lowest BCUT2D eigenvalue weighted by atomic mass is 9.93. The van der Waals surface area contributed by atoms with E-state index in [4.69, 9.17) is 14.2 Å². The minimum atomic E-state index is -0.533. The minimum Gasteiger partial charge on any atom is -0.492 e. The van der Waals surface area contributed by atoms with Gasteiger partial charge in [-0.1, -0.05) is 26.0 Å². The summed E-state index contributed by atoms with van der Waals surface area (Å²) in [7, 11) is 2.60. The van der Waals surface area contributed by atoms with Gasteiger partial charge in [0, 0.05) is 18.8 Å². The largest absolute Gasteiger partial charge is 0.492 e. The van der Waals surface area contributed by atoms with Crippen LogP contribution in [0.15, 0.2) is 54.1 Å². The van der Waals surface area contributed by atoms with Crippen LogP contribution in [-0.2, 0) is 32.0 Å². The average molecular weight is 386 g/mol. The van der Waals surface area contributed by atoms with E-state index in [1.807, 2.05) is 48.9 Å². The quantitative estimate of drug-likeness (QED) is 0.487. The van der Waals surface area contributed by atoms with Crippen LogP contribution in [0.1, 0.15) is 19.4 Å². The van der Waals surface area contributed by atoms with Crippen LogP contribution < -0.4 is 4.74 Å². The summed E-state index contributed by atoms with van der Waals surface area (Å²) in [4.78, 5) is 28.4. The van der Waals surface area contributed by atoms with E-state index in [1.165, 1.54) is 14.2 Å². The van der Waals surface area contributed by atoms with Crippen LogP contribution in [0.5, 0.6) is 5.75 Å². The van der Waals surface area contributed by atoms with Crippen molar-refractivity contribution in [2.75, 3.05) is 20.8 Å². The molecule has 0 saturated carbocycles. The van der Waals surface area contributed by atoms with E-state index in [0.717, 1.165) is 11.3 Å². The number of rotatable bonds is 9. The molecule has 7 heteroatoms. The molecule has 0 aliphatic carbocycles. The molecule has 28 heavy (non-hydrogen) atoms.